The van der Waals surface area contributed by atoms with Gasteiger partial charge in [-0.15, -0.1) is 0 Å². The van der Waals surface area contributed by atoms with Crippen LogP contribution in [0.15, 0.2) is 83.6 Å². The molecule has 5 rings (SSSR count). The second kappa shape index (κ2) is 6.94. The number of ether oxygens (including phenoxy) is 1. The van der Waals surface area contributed by atoms with E-state index in [9.17, 15) is 0 Å². The number of hydrogen-bond acceptors (Lipinski definition) is 4. The standard InChI is InChI=1S/C23H17N3OS/c1-27-19-9-7-16(8-10-19)21-14-23-24-20(18-11-12-28-15-18)13-22(26(23)25-21)17-5-3-2-4-6-17/h2-15H,1H3. The fourth-order valence-electron chi connectivity index (χ4n) is 3.25. The Kier molecular flexibility index (Phi) is 4.14. The average molecular weight is 383 g/mol. The molecule has 0 unspecified atom stereocenters. The molecule has 0 spiro atoms. The van der Waals surface area contributed by atoms with E-state index in [0.717, 1.165) is 45.2 Å². The second-order valence-electron chi connectivity index (χ2n) is 6.43. The molecule has 0 radical (unpaired) electrons. The first kappa shape index (κ1) is 16.7. The summed E-state index contributed by atoms with van der Waals surface area (Å²) < 4.78 is 7.18. The maximum atomic E-state index is 5.26. The monoisotopic (exact) mass is 383 g/mol. The highest BCUT2D eigenvalue weighted by Gasteiger charge is 2.13. The number of hydrogen-bond donors (Lipinski definition) is 0. The Labute approximate surface area is 166 Å². The van der Waals surface area contributed by atoms with Crippen LogP contribution in [0.2, 0.25) is 0 Å². The van der Waals surface area contributed by atoms with E-state index in [2.05, 4.69) is 35.0 Å². The molecule has 5 heteroatoms. The zero-order valence-electron chi connectivity index (χ0n) is 15.2. The molecule has 136 valence electrons. The number of aromatic nitrogens is 3. The fraction of sp³-hybridized carbons (Fsp3) is 0.0435. The van der Waals surface area contributed by atoms with Crippen LogP contribution in [-0.2, 0) is 0 Å². The van der Waals surface area contributed by atoms with Crippen molar-refractivity contribution < 1.29 is 4.74 Å². The molecule has 0 aliphatic carbocycles. The van der Waals surface area contributed by atoms with Crippen molar-refractivity contribution in [1.82, 2.24) is 14.6 Å². The number of nitrogens with zero attached hydrogens (tertiary/aromatic N) is 3. The Bertz CT molecular complexity index is 1230. The van der Waals surface area contributed by atoms with Gasteiger partial charge in [0.25, 0.3) is 0 Å². The van der Waals surface area contributed by atoms with Crippen molar-refractivity contribution >= 4 is 17.0 Å². The first-order valence-corrected chi connectivity index (χ1v) is 9.89. The molecule has 0 aliphatic heterocycles. The fourth-order valence-corrected chi connectivity index (χ4v) is 3.90. The molecule has 0 atom stereocenters. The van der Waals surface area contributed by atoms with Crippen LogP contribution < -0.4 is 4.74 Å². The van der Waals surface area contributed by atoms with Gasteiger partial charge in [0.2, 0.25) is 0 Å². The van der Waals surface area contributed by atoms with Crippen LogP contribution in [0.4, 0.5) is 0 Å². The quantitative estimate of drug-likeness (QED) is 0.394. The smallest absolute Gasteiger partial charge is 0.156 e. The van der Waals surface area contributed by atoms with Gasteiger partial charge in [0.15, 0.2) is 5.65 Å². The van der Waals surface area contributed by atoms with E-state index >= 15 is 0 Å². The summed E-state index contributed by atoms with van der Waals surface area (Å²) in [6, 6.07) is 24.5. The molecular weight excluding hydrogens is 366 g/mol. The zero-order valence-corrected chi connectivity index (χ0v) is 16.1. The molecule has 0 N–H and O–H groups in total. The molecular formula is C23H17N3OS. The van der Waals surface area contributed by atoms with E-state index in [1.807, 2.05) is 53.0 Å². The predicted octanol–water partition coefficient (Wildman–Crippen LogP) is 5.80. The molecule has 4 nitrogen and oxygen atoms in total. The predicted molar refractivity (Wildman–Crippen MR) is 114 cm³/mol. The highest BCUT2D eigenvalue weighted by Crippen LogP contribution is 2.30. The lowest BCUT2D eigenvalue weighted by Crippen LogP contribution is -1.98. The van der Waals surface area contributed by atoms with E-state index in [0.29, 0.717) is 0 Å². The number of thiophene rings is 1. The molecule has 0 bridgehead atoms. The Hall–Kier alpha value is -3.44. The summed E-state index contributed by atoms with van der Waals surface area (Å²) in [5.41, 5.74) is 6.94. The van der Waals surface area contributed by atoms with Crippen molar-refractivity contribution in [3.63, 3.8) is 0 Å². The molecule has 0 saturated heterocycles. The van der Waals surface area contributed by atoms with Gasteiger partial charge < -0.3 is 4.74 Å². The minimum absolute atomic E-state index is 0.827. The first-order valence-electron chi connectivity index (χ1n) is 8.95. The van der Waals surface area contributed by atoms with Crippen molar-refractivity contribution in [3.05, 3.63) is 83.6 Å². The molecule has 0 aliphatic rings. The molecule has 5 aromatic rings. The van der Waals surface area contributed by atoms with Crippen molar-refractivity contribution in [3.8, 4) is 39.5 Å². The van der Waals surface area contributed by atoms with Gasteiger partial charge in [0.1, 0.15) is 5.75 Å². The average Bonchev–Trinajstić information content (AvgIpc) is 3.43. The normalized spacial score (nSPS) is 11.0. The van der Waals surface area contributed by atoms with E-state index in [1.54, 1.807) is 18.4 Å². The second-order valence-corrected chi connectivity index (χ2v) is 7.21. The van der Waals surface area contributed by atoms with Gasteiger partial charge in [0.05, 0.1) is 24.2 Å². The molecule has 2 aromatic carbocycles. The van der Waals surface area contributed by atoms with Crippen molar-refractivity contribution in [2.45, 2.75) is 0 Å². The summed E-state index contributed by atoms with van der Waals surface area (Å²) in [7, 11) is 1.67. The summed E-state index contributed by atoms with van der Waals surface area (Å²) in [4.78, 5) is 4.87. The lowest BCUT2D eigenvalue weighted by molar-refractivity contribution is 0.415. The number of rotatable bonds is 4. The van der Waals surface area contributed by atoms with Crippen LogP contribution in [0.5, 0.6) is 5.75 Å². The Balaban J connectivity index is 1.72. The summed E-state index contributed by atoms with van der Waals surface area (Å²) in [5, 5.41) is 9.04. The number of methoxy groups -OCH3 is 1. The van der Waals surface area contributed by atoms with Crippen molar-refractivity contribution in [2.24, 2.45) is 0 Å². The van der Waals surface area contributed by atoms with Crippen LogP contribution in [-0.4, -0.2) is 21.7 Å². The maximum Gasteiger partial charge on any atom is 0.156 e. The largest absolute Gasteiger partial charge is 0.497 e. The molecule has 0 saturated carbocycles. The van der Waals surface area contributed by atoms with Crippen molar-refractivity contribution in [2.75, 3.05) is 7.11 Å². The van der Waals surface area contributed by atoms with E-state index in [4.69, 9.17) is 14.8 Å². The molecule has 3 heterocycles. The zero-order chi connectivity index (χ0) is 18.9. The van der Waals surface area contributed by atoms with E-state index < -0.39 is 0 Å². The summed E-state index contributed by atoms with van der Waals surface area (Å²) in [5.74, 6) is 0.829. The Morgan fingerprint density at radius 3 is 2.36 bits per heavy atom. The minimum Gasteiger partial charge on any atom is -0.497 e. The van der Waals surface area contributed by atoms with Gasteiger partial charge in [-0.3, -0.25) is 0 Å². The molecule has 0 amide bonds. The van der Waals surface area contributed by atoms with Gasteiger partial charge in [-0.2, -0.15) is 16.4 Å². The molecule has 0 fully saturated rings. The number of fused-ring (bicyclic) bond motifs is 1. The van der Waals surface area contributed by atoms with Crippen LogP contribution in [0.25, 0.3) is 39.4 Å². The van der Waals surface area contributed by atoms with E-state index in [1.165, 1.54) is 0 Å². The van der Waals surface area contributed by atoms with Gasteiger partial charge in [0, 0.05) is 28.1 Å². The topological polar surface area (TPSA) is 39.4 Å². The van der Waals surface area contributed by atoms with Crippen molar-refractivity contribution in [1.29, 1.82) is 0 Å². The maximum absolute atomic E-state index is 5.26. The molecule has 3 aromatic heterocycles. The Morgan fingerprint density at radius 2 is 1.64 bits per heavy atom. The summed E-state index contributed by atoms with van der Waals surface area (Å²) >= 11 is 1.67. The van der Waals surface area contributed by atoms with E-state index in [-0.39, 0.29) is 0 Å². The summed E-state index contributed by atoms with van der Waals surface area (Å²) in [6.45, 7) is 0. The van der Waals surface area contributed by atoms with Crippen LogP contribution in [0, 0.1) is 0 Å². The third-order valence-electron chi connectivity index (χ3n) is 4.70. The van der Waals surface area contributed by atoms with Crippen LogP contribution >= 0.6 is 11.3 Å². The van der Waals surface area contributed by atoms with Crippen LogP contribution in [0.1, 0.15) is 0 Å². The molecule has 28 heavy (non-hydrogen) atoms. The Morgan fingerprint density at radius 1 is 0.821 bits per heavy atom. The van der Waals surface area contributed by atoms with Crippen LogP contribution in [0.3, 0.4) is 0 Å². The lowest BCUT2D eigenvalue weighted by Gasteiger charge is -2.07. The van der Waals surface area contributed by atoms with Gasteiger partial charge in [-0.05, 0) is 41.8 Å². The SMILES string of the molecule is COc1ccc(-c2cc3nc(-c4ccsc4)cc(-c4ccccc4)n3n2)cc1. The lowest BCUT2D eigenvalue weighted by atomic mass is 10.1. The highest BCUT2D eigenvalue weighted by atomic mass is 32.1. The van der Waals surface area contributed by atoms with Gasteiger partial charge in [-0.1, -0.05) is 30.3 Å². The number of benzene rings is 2. The minimum atomic E-state index is 0.827. The summed E-state index contributed by atoms with van der Waals surface area (Å²) in [6.07, 6.45) is 0. The highest BCUT2D eigenvalue weighted by molar-refractivity contribution is 7.08. The third-order valence-corrected chi connectivity index (χ3v) is 5.38. The third kappa shape index (κ3) is 2.96. The van der Waals surface area contributed by atoms with Gasteiger partial charge >= 0.3 is 0 Å². The van der Waals surface area contributed by atoms with Gasteiger partial charge in [-0.25, -0.2) is 9.50 Å². The first-order chi connectivity index (χ1) is 13.8.